The van der Waals surface area contributed by atoms with Gasteiger partial charge in [0.2, 0.25) is 0 Å². The maximum Gasteiger partial charge on any atom is 0.319 e. The summed E-state index contributed by atoms with van der Waals surface area (Å²) in [6.45, 7) is 3.36. The third kappa shape index (κ3) is 8.47. The van der Waals surface area contributed by atoms with Crippen molar-refractivity contribution in [3.05, 3.63) is 65.7 Å². The average Bonchev–Trinajstić information content (AvgIpc) is 2.86. The molecule has 1 saturated heterocycles. The van der Waals surface area contributed by atoms with Crippen molar-refractivity contribution >= 4 is 34.7 Å². The molecule has 0 aromatic heterocycles. The predicted octanol–water partition coefficient (Wildman–Crippen LogP) is 4.39. The van der Waals surface area contributed by atoms with Gasteiger partial charge < -0.3 is 20.3 Å². The normalized spacial score (nSPS) is 14.8. The highest BCUT2D eigenvalue weighted by Crippen LogP contribution is 2.29. The number of methoxy groups -OCH3 is 1. The van der Waals surface area contributed by atoms with E-state index in [2.05, 4.69) is 33.7 Å². The van der Waals surface area contributed by atoms with E-state index in [1.54, 1.807) is 24.3 Å². The molecule has 0 radical (unpaired) electrons. The highest BCUT2D eigenvalue weighted by Gasteiger charge is 2.32. The summed E-state index contributed by atoms with van der Waals surface area (Å²) in [5, 5.41) is 14.6. The number of rotatable bonds is 9. The predicted molar refractivity (Wildman–Crippen MR) is 138 cm³/mol. The molecule has 1 heterocycles. The quantitative estimate of drug-likeness (QED) is 0.371. The minimum absolute atomic E-state index is 0. The summed E-state index contributed by atoms with van der Waals surface area (Å²) in [6.07, 6.45) is 3.50. The van der Waals surface area contributed by atoms with Gasteiger partial charge in [0.1, 0.15) is 0 Å². The van der Waals surface area contributed by atoms with E-state index in [9.17, 15) is 9.59 Å². The van der Waals surface area contributed by atoms with E-state index >= 15 is 0 Å². The second kappa shape index (κ2) is 14.4. The molecule has 1 aliphatic rings. The van der Waals surface area contributed by atoms with Gasteiger partial charge in [0.05, 0.1) is 24.7 Å². The molecule has 2 N–H and O–H groups in total. The van der Waals surface area contributed by atoms with E-state index in [1.165, 1.54) is 12.7 Å². The molecule has 0 saturated carbocycles. The monoisotopic (exact) mass is 528 g/mol. The van der Waals surface area contributed by atoms with Crippen molar-refractivity contribution < 1.29 is 14.3 Å². The second-order valence-corrected chi connectivity index (χ2v) is 8.43. The minimum Gasteiger partial charge on any atom is -0.469 e. The van der Waals surface area contributed by atoms with Crippen LogP contribution in [0.3, 0.4) is 0 Å². The first-order chi connectivity index (χ1) is 16.1. The lowest BCUT2D eigenvalue weighted by Crippen LogP contribution is -2.40. The van der Waals surface area contributed by atoms with Crippen molar-refractivity contribution in [3.63, 3.8) is 0 Å². The average molecular weight is 529 g/mol. The lowest BCUT2D eigenvalue weighted by Gasteiger charge is -2.35. The standard InChI is InChI=1S/C26H32N4O3.BrH/c1-33-25(31)24(18-20-7-3-2-4-8-20)22-11-15-30(16-12-22)14-6-13-28-26(32)29-23-10-5-9-21(17-23)19-27;/h2-5,7-10,17,22,24H,6,11-16,18H2,1H3,(H2,28,29,32);1H. The summed E-state index contributed by atoms with van der Waals surface area (Å²) in [6, 6.07) is 18.7. The van der Waals surface area contributed by atoms with E-state index < -0.39 is 0 Å². The van der Waals surface area contributed by atoms with Gasteiger partial charge in [-0.3, -0.25) is 4.79 Å². The second-order valence-electron chi connectivity index (χ2n) is 8.43. The number of carbonyl (C=O) groups is 2. The van der Waals surface area contributed by atoms with Gasteiger partial charge in [-0.2, -0.15) is 5.26 Å². The van der Waals surface area contributed by atoms with Crippen LogP contribution in [0.25, 0.3) is 0 Å². The van der Waals surface area contributed by atoms with Crippen LogP contribution in [0.5, 0.6) is 0 Å². The van der Waals surface area contributed by atoms with E-state index in [0.717, 1.165) is 38.9 Å². The zero-order valence-corrected chi connectivity index (χ0v) is 21.2. The van der Waals surface area contributed by atoms with E-state index in [4.69, 9.17) is 10.00 Å². The Kier molecular flexibility index (Phi) is 11.6. The summed E-state index contributed by atoms with van der Waals surface area (Å²) in [4.78, 5) is 26.9. The Morgan fingerprint density at radius 1 is 1.15 bits per heavy atom. The van der Waals surface area contributed by atoms with Crippen LogP contribution in [0.15, 0.2) is 54.6 Å². The number of piperidine rings is 1. The number of hydrogen-bond donors (Lipinski definition) is 2. The Morgan fingerprint density at radius 3 is 2.56 bits per heavy atom. The molecule has 34 heavy (non-hydrogen) atoms. The first kappa shape index (κ1) is 27.4. The molecule has 1 fully saturated rings. The smallest absolute Gasteiger partial charge is 0.319 e. The Bertz CT molecular complexity index is 956. The highest BCUT2D eigenvalue weighted by molar-refractivity contribution is 8.93. The fourth-order valence-electron chi connectivity index (χ4n) is 4.39. The fraction of sp³-hybridized carbons (Fsp3) is 0.423. The van der Waals surface area contributed by atoms with E-state index in [0.29, 0.717) is 30.1 Å². The van der Waals surface area contributed by atoms with Gasteiger partial charge in [-0.25, -0.2) is 4.79 Å². The third-order valence-corrected chi connectivity index (χ3v) is 6.19. The molecule has 2 aromatic rings. The molecule has 7 nitrogen and oxygen atoms in total. The molecule has 2 aromatic carbocycles. The first-order valence-electron chi connectivity index (χ1n) is 11.5. The summed E-state index contributed by atoms with van der Waals surface area (Å²) in [5.74, 6) is 0.0965. The lowest BCUT2D eigenvalue weighted by atomic mass is 9.80. The molecular weight excluding hydrogens is 496 g/mol. The number of carbonyl (C=O) groups excluding carboxylic acids is 2. The SMILES string of the molecule is Br.COC(=O)C(Cc1ccccc1)C1CCN(CCCNC(=O)Nc2cccc(C#N)c2)CC1. The lowest BCUT2D eigenvalue weighted by molar-refractivity contribution is -0.148. The number of amides is 2. The van der Waals surface area contributed by atoms with Crippen LogP contribution in [-0.2, 0) is 16.0 Å². The largest absolute Gasteiger partial charge is 0.469 e. The fourth-order valence-corrected chi connectivity index (χ4v) is 4.39. The van der Waals surface area contributed by atoms with Crippen LogP contribution in [0.2, 0.25) is 0 Å². The van der Waals surface area contributed by atoms with Crippen LogP contribution in [0.1, 0.15) is 30.4 Å². The van der Waals surface area contributed by atoms with Crippen LogP contribution < -0.4 is 10.6 Å². The summed E-state index contributed by atoms with van der Waals surface area (Å²) < 4.78 is 5.11. The maximum absolute atomic E-state index is 12.4. The van der Waals surface area contributed by atoms with Crippen molar-refractivity contribution in [1.29, 1.82) is 5.26 Å². The zero-order chi connectivity index (χ0) is 23.5. The van der Waals surface area contributed by atoms with Gasteiger partial charge in [0.25, 0.3) is 0 Å². The zero-order valence-electron chi connectivity index (χ0n) is 19.5. The number of hydrogen-bond acceptors (Lipinski definition) is 5. The molecule has 0 bridgehead atoms. The van der Waals surface area contributed by atoms with Gasteiger partial charge in [0.15, 0.2) is 0 Å². The molecular formula is C26H33BrN4O3. The first-order valence-corrected chi connectivity index (χ1v) is 11.5. The number of nitriles is 1. The van der Waals surface area contributed by atoms with E-state index in [1.807, 2.05) is 18.2 Å². The number of anilines is 1. The molecule has 2 amide bonds. The molecule has 1 aliphatic heterocycles. The Morgan fingerprint density at radius 2 is 1.88 bits per heavy atom. The summed E-state index contributed by atoms with van der Waals surface area (Å²) >= 11 is 0. The minimum atomic E-state index is -0.273. The van der Waals surface area contributed by atoms with Crippen molar-refractivity contribution in [2.24, 2.45) is 11.8 Å². The van der Waals surface area contributed by atoms with Crippen LogP contribution in [0.4, 0.5) is 10.5 Å². The van der Waals surface area contributed by atoms with Crippen molar-refractivity contribution in [1.82, 2.24) is 10.2 Å². The summed E-state index contributed by atoms with van der Waals surface area (Å²) in [7, 11) is 1.47. The number of benzene rings is 2. The topological polar surface area (TPSA) is 94.5 Å². The Balaban J connectivity index is 0.00000408. The van der Waals surface area contributed by atoms with Crippen LogP contribution >= 0.6 is 17.0 Å². The molecule has 1 unspecified atom stereocenters. The van der Waals surface area contributed by atoms with Gasteiger partial charge >= 0.3 is 12.0 Å². The van der Waals surface area contributed by atoms with Crippen molar-refractivity contribution in [2.75, 3.05) is 38.6 Å². The van der Waals surface area contributed by atoms with Gasteiger partial charge in [-0.15, -0.1) is 17.0 Å². The number of nitrogens with zero attached hydrogens (tertiary/aromatic N) is 2. The number of halogens is 1. The van der Waals surface area contributed by atoms with Crippen LogP contribution in [0, 0.1) is 23.2 Å². The van der Waals surface area contributed by atoms with Crippen molar-refractivity contribution in [2.45, 2.75) is 25.7 Å². The number of nitrogens with one attached hydrogen (secondary N) is 2. The van der Waals surface area contributed by atoms with Gasteiger partial charge in [0, 0.05) is 12.2 Å². The Labute approximate surface area is 212 Å². The Hall–Kier alpha value is -2.89. The third-order valence-electron chi connectivity index (χ3n) is 6.19. The van der Waals surface area contributed by atoms with Crippen molar-refractivity contribution in [3.8, 4) is 6.07 Å². The summed E-state index contributed by atoms with van der Waals surface area (Å²) in [5.41, 5.74) is 2.28. The maximum atomic E-state index is 12.4. The van der Waals surface area contributed by atoms with Gasteiger partial charge in [-0.1, -0.05) is 36.4 Å². The van der Waals surface area contributed by atoms with Gasteiger partial charge in [-0.05, 0) is 75.0 Å². The number of likely N-dealkylation sites (tertiary alicyclic amines) is 1. The molecule has 8 heteroatoms. The highest BCUT2D eigenvalue weighted by atomic mass is 79.9. The molecule has 182 valence electrons. The number of ether oxygens (including phenoxy) is 1. The molecule has 3 rings (SSSR count). The molecule has 0 spiro atoms. The van der Waals surface area contributed by atoms with E-state index in [-0.39, 0.29) is 34.9 Å². The van der Waals surface area contributed by atoms with Crippen LogP contribution in [-0.4, -0.2) is 50.2 Å². The molecule has 1 atom stereocenters. The number of esters is 1. The molecule has 0 aliphatic carbocycles. The number of urea groups is 1.